The molecule has 2 atom stereocenters. The van der Waals surface area contributed by atoms with Crippen molar-refractivity contribution in [3.8, 4) is 11.8 Å². The molecule has 31 heavy (non-hydrogen) atoms. The molecule has 0 aliphatic carbocycles. The van der Waals surface area contributed by atoms with Crippen molar-refractivity contribution in [1.29, 1.82) is 0 Å². The molecule has 3 N–H and O–H groups in total. The minimum absolute atomic E-state index is 0.288. The number of H-pyrrole nitrogens is 1. The third-order valence-corrected chi connectivity index (χ3v) is 5.63. The zero-order chi connectivity index (χ0) is 21.6. The molecule has 2 heterocycles. The van der Waals surface area contributed by atoms with Crippen molar-refractivity contribution in [1.82, 2.24) is 14.9 Å². The van der Waals surface area contributed by atoms with Gasteiger partial charge in [0, 0.05) is 18.5 Å². The first-order valence-corrected chi connectivity index (χ1v) is 10.9. The Bertz CT molecular complexity index is 1080. The van der Waals surface area contributed by atoms with E-state index in [9.17, 15) is 4.39 Å². The monoisotopic (exact) mass is 420 g/mol. The number of likely N-dealkylation sites (tertiary alicyclic amines) is 1. The smallest absolute Gasteiger partial charge is 0.141 e. The SMILES string of the molecule is CN1CCC(COC(c2cccc(C#CCCCN)c2)c2nc3ccc(F)cc3[nH]2)C1. The average Bonchev–Trinajstić information content (AvgIpc) is 3.37. The number of halogens is 1. The van der Waals surface area contributed by atoms with Crippen LogP contribution in [0.1, 0.15) is 42.3 Å². The molecule has 2 unspecified atom stereocenters. The van der Waals surface area contributed by atoms with Gasteiger partial charge >= 0.3 is 0 Å². The van der Waals surface area contributed by atoms with Crippen molar-refractivity contribution in [2.24, 2.45) is 11.7 Å². The van der Waals surface area contributed by atoms with E-state index in [0.717, 1.165) is 49.0 Å². The first kappa shape index (κ1) is 21.5. The summed E-state index contributed by atoms with van der Waals surface area (Å²) in [4.78, 5) is 10.3. The quantitative estimate of drug-likeness (QED) is 0.450. The minimum atomic E-state index is -0.368. The Labute approximate surface area is 182 Å². The van der Waals surface area contributed by atoms with E-state index in [1.807, 2.05) is 18.2 Å². The molecule has 6 heteroatoms. The van der Waals surface area contributed by atoms with E-state index < -0.39 is 0 Å². The van der Waals surface area contributed by atoms with Gasteiger partial charge in [-0.2, -0.15) is 0 Å². The molecule has 1 fully saturated rings. The molecule has 0 radical (unpaired) electrons. The molecule has 0 bridgehead atoms. The summed E-state index contributed by atoms with van der Waals surface area (Å²) in [6, 6.07) is 12.6. The van der Waals surface area contributed by atoms with E-state index in [-0.39, 0.29) is 11.9 Å². The Kier molecular flexibility index (Phi) is 6.98. The highest BCUT2D eigenvalue weighted by Gasteiger charge is 2.24. The number of hydrogen-bond acceptors (Lipinski definition) is 4. The van der Waals surface area contributed by atoms with Crippen molar-refractivity contribution >= 4 is 11.0 Å². The highest BCUT2D eigenvalue weighted by Crippen LogP contribution is 2.28. The van der Waals surface area contributed by atoms with E-state index in [4.69, 9.17) is 15.5 Å². The maximum atomic E-state index is 13.7. The molecule has 1 aliphatic rings. The fourth-order valence-corrected chi connectivity index (χ4v) is 3.99. The van der Waals surface area contributed by atoms with Gasteiger partial charge in [-0.05, 0) is 74.8 Å². The highest BCUT2D eigenvalue weighted by atomic mass is 19.1. The van der Waals surface area contributed by atoms with Crippen LogP contribution in [0.5, 0.6) is 0 Å². The molecule has 3 aromatic rings. The lowest BCUT2D eigenvalue weighted by atomic mass is 10.0. The summed E-state index contributed by atoms with van der Waals surface area (Å²) in [6.07, 6.45) is 2.43. The molecule has 0 spiro atoms. The number of unbranched alkanes of at least 4 members (excludes halogenated alkanes) is 1. The molecule has 1 saturated heterocycles. The normalized spacial score (nSPS) is 17.6. The number of benzene rings is 2. The van der Waals surface area contributed by atoms with E-state index in [2.05, 4.69) is 34.8 Å². The van der Waals surface area contributed by atoms with Crippen LogP contribution in [0.4, 0.5) is 4.39 Å². The zero-order valence-corrected chi connectivity index (χ0v) is 17.9. The maximum absolute atomic E-state index is 13.7. The minimum Gasteiger partial charge on any atom is -0.365 e. The molecule has 2 aromatic carbocycles. The lowest BCUT2D eigenvalue weighted by Crippen LogP contribution is -2.19. The summed E-state index contributed by atoms with van der Waals surface area (Å²) in [5, 5.41) is 0. The van der Waals surface area contributed by atoms with E-state index in [0.29, 0.717) is 30.4 Å². The Hall–Kier alpha value is -2.72. The lowest BCUT2D eigenvalue weighted by Gasteiger charge is -2.19. The largest absolute Gasteiger partial charge is 0.365 e. The van der Waals surface area contributed by atoms with Crippen molar-refractivity contribution in [2.75, 3.05) is 33.3 Å². The van der Waals surface area contributed by atoms with Gasteiger partial charge in [0.1, 0.15) is 17.7 Å². The van der Waals surface area contributed by atoms with Gasteiger partial charge in [0.15, 0.2) is 0 Å². The lowest BCUT2D eigenvalue weighted by molar-refractivity contribution is 0.0500. The Morgan fingerprint density at radius 1 is 1.32 bits per heavy atom. The van der Waals surface area contributed by atoms with Crippen LogP contribution in [0.15, 0.2) is 42.5 Å². The summed E-state index contributed by atoms with van der Waals surface area (Å²) < 4.78 is 20.1. The second kappa shape index (κ2) is 10.1. The van der Waals surface area contributed by atoms with Crippen LogP contribution >= 0.6 is 0 Å². The fourth-order valence-electron chi connectivity index (χ4n) is 3.99. The van der Waals surface area contributed by atoms with Crippen molar-refractivity contribution < 1.29 is 9.13 Å². The molecule has 1 aliphatic heterocycles. The van der Waals surface area contributed by atoms with Crippen LogP contribution in [0.2, 0.25) is 0 Å². The van der Waals surface area contributed by atoms with Crippen molar-refractivity contribution in [3.05, 3.63) is 65.2 Å². The number of imidazole rings is 1. The van der Waals surface area contributed by atoms with Crippen LogP contribution in [0.25, 0.3) is 11.0 Å². The van der Waals surface area contributed by atoms with Gasteiger partial charge in [0.2, 0.25) is 0 Å². The zero-order valence-electron chi connectivity index (χ0n) is 17.9. The molecule has 4 rings (SSSR count). The molecular weight excluding hydrogens is 391 g/mol. The Morgan fingerprint density at radius 3 is 3.03 bits per heavy atom. The molecular formula is C25H29FN4O. The number of rotatable bonds is 7. The molecule has 0 saturated carbocycles. The Balaban J connectivity index is 1.61. The van der Waals surface area contributed by atoms with Crippen LogP contribution in [-0.2, 0) is 4.74 Å². The summed E-state index contributed by atoms with van der Waals surface area (Å²) in [5.74, 6) is 7.28. The molecule has 0 amide bonds. The topological polar surface area (TPSA) is 67.2 Å². The van der Waals surface area contributed by atoms with E-state index in [1.54, 1.807) is 6.07 Å². The number of aromatic nitrogens is 2. The summed E-state index contributed by atoms with van der Waals surface area (Å²) >= 11 is 0. The van der Waals surface area contributed by atoms with E-state index >= 15 is 0 Å². The maximum Gasteiger partial charge on any atom is 0.141 e. The number of fused-ring (bicyclic) bond motifs is 1. The predicted octanol–water partition coefficient (Wildman–Crippen LogP) is 3.85. The molecule has 5 nitrogen and oxygen atoms in total. The fraction of sp³-hybridized carbons (Fsp3) is 0.400. The van der Waals surface area contributed by atoms with Gasteiger partial charge in [-0.15, -0.1) is 0 Å². The van der Waals surface area contributed by atoms with E-state index in [1.165, 1.54) is 12.1 Å². The number of ether oxygens (including phenoxy) is 1. The first-order valence-electron chi connectivity index (χ1n) is 10.9. The van der Waals surface area contributed by atoms with Gasteiger partial charge in [0.05, 0.1) is 17.6 Å². The van der Waals surface area contributed by atoms with Gasteiger partial charge in [-0.25, -0.2) is 9.37 Å². The standard InChI is InChI=1S/C25H29FN4O/c1-30-13-11-19(16-30)17-31-24(25-28-22-10-9-21(26)15-23(22)29-25)20-8-5-7-18(14-20)6-3-2-4-12-27/h5,7-10,14-15,19,24H,2,4,11-13,16-17,27H2,1H3,(H,28,29). The van der Waals surface area contributed by atoms with Gasteiger partial charge in [0.25, 0.3) is 0 Å². The number of nitrogens with one attached hydrogen (secondary N) is 1. The Morgan fingerprint density at radius 2 is 2.23 bits per heavy atom. The number of aromatic amines is 1. The van der Waals surface area contributed by atoms with Crippen LogP contribution < -0.4 is 5.73 Å². The number of nitrogens with zero attached hydrogens (tertiary/aromatic N) is 2. The van der Waals surface area contributed by atoms with Crippen molar-refractivity contribution in [2.45, 2.75) is 25.4 Å². The first-order chi connectivity index (χ1) is 15.1. The molecule has 162 valence electrons. The molecule has 1 aromatic heterocycles. The van der Waals surface area contributed by atoms with Gasteiger partial charge in [-0.1, -0.05) is 24.0 Å². The van der Waals surface area contributed by atoms with Gasteiger partial charge < -0.3 is 20.4 Å². The third kappa shape index (κ3) is 5.50. The second-order valence-electron chi connectivity index (χ2n) is 8.23. The van der Waals surface area contributed by atoms with Crippen molar-refractivity contribution in [3.63, 3.8) is 0 Å². The van der Waals surface area contributed by atoms with Crippen LogP contribution in [0, 0.1) is 23.6 Å². The number of nitrogens with two attached hydrogens (primary N) is 1. The average molecular weight is 421 g/mol. The summed E-state index contributed by atoms with van der Waals surface area (Å²) in [6.45, 7) is 3.42. The number of hydrogen-bond donors (Lipinski definition) is 2. The highest BCUT2D eigenvalue weighted by molar-refractivity contribution is 5.75. The second-order valence-corrected chi connectivity index (χ2v) is 8.23. The van der Waals surface area contributed by atoms with Gasteiger partial charge in [-0.3, -0.25) is 0 Å². The summed E-state index contributed by atoms with van der Waals surface area (Å²) in [5.41, 5.74) is 8.86. The third-order valence-electron chi connectivity index (χ3n) is 5.63. The predicted molar refractivity (Wildman–Crippen MR) is 121 cm³/mol. The summed E-state index contributed by atoms with van der Waals surface area (Å²) in [7, 11) is 2.14. The van der Waals surface area contributed by atoms with Crippen LogP contribution in [-0.4, -0.2) is 48.2 Å². The van der Waals surface area contributed by atoms with Crippen LogP contribution in [0.3, 0.4) is 0 Å².